The molecule has 0 heterocycles. The molecule has 2 aromatic rings. The summed E-state index contributed by atoms with van der Waals surface area (Å²) in [6.07, 6.45) is 6.30. The average molecular weight is 325 g/mol. The third kappa shape index (κ3) is 6.11. The number of nitrogens with zero attached hydrogens (tertiary/aromatic N) is 1. The molecule has 1 nitrogen and oxygen atoms in total. The van der Waals surface area contributed by atoms with Crippen LogP contribution >= 0.6 is 0 Å². The van der Waals surface area contributed by atoms with Crippen molar-refractivity contribution in [1.29, 1.82) is 0 Å². The quantitative estimate of drug-likeness (QED) is 0.525. The van der Waals surface area contributed by atoms with E-state index in [1.165, 1.54) is 11.6 Å². The molecule has 0 atom stereocenters. The molecular weight excluding hydrogens is 297 g/mol. The summed E-state index contributed by atoms with van der Waals surface area (Å²) in [4.78, 5) is 4.17. The zero-order valence-electron chi connectivity index (χ0n) is 15.4. The van der Waals surface area contributed by atoms with Crippen LogP contribution in [0.4, 0.5) is 10.1 Å². The van der Waals surface area contributed by atoms with Crippen molar-refractivity contribution in [2.75, 3.05) is 0 Å². The molecule has 0 fully saturated rings. The van der Waals surface area contributed by atoms with Gasteiger partial charge in [0.1, 0.15) is 5.82 Å². The number of halogens is 1. The molecule has 0 aliphatic carbocycles. The average Bonchev–Trinajstić information content (AvgIpc) is 2.58. The van der Waals surface area contributed by atoms with Gasteiger partial charge in [0.15, 0.2) is 0 Å². The lowest BCUT2D eigenvalue weighted by Crippen LogP contribution is -1.94. The predicted octanol–water partition coefficient (Wildman–Crippen LogP) is 7.00. The lowest BCUT2D eigenvalue weighted by molar-refractivity contribution is 0.630. The van der Waals surface area contributed by atoms with Gasteiger partial charge in [-0.15, -0.1) is 0 Å². The first-order chi connectivity index (χ1) is 11.6. The highest BCUT2D eigenvalue weighted by molar-refractivity contribution is 5.76. The van der Waals surface area contributed by atoms with E-state index in [1.54, 1.807) is 24.4 Å². The second-order valence-corrected chi connectivity index (χ2v) is 5.77. The number of rotatable bonds is 5. The molecule has 0 unspecified atom stereocenters. The minimum absolute atomic E-state index is 0.303. The van der Waals surface area contributed by atoms with Crippen molar-refractivity contribution >= 4 is 11.9 Å². The summed E-state index contributed by atoms with van der Waals surface area (Å²) < 4.78 is 13.8. The molecular formula is C22H28FN. The molecule has 0 aliphatic heterocycles. The minimum Gasteiger partial charge on any atom is -0.254 e. The lowest BCUT2D eigenvalue weighted by Gasteiger charge is -2.08. The summed E-state index contributed by atoms with van der Waals surface area (Å²) in [5.74, 6) is 0.312. The smallest absolute Gasteiger partial charge is 0.148 e. The summed E-state index contributed by atoms with van der Waals surface area (Å²) in [7, 11) is 0. The van der Waals surface area contributed by atoms with E-state index in [-0.39, 0.29) is 5.82 Å². The van der Waals surface area contributed by atoms with Gasteiger partial charge in [-0.1, -0.05) is 64.1 Å². The molecule has 0 aromatic heterocycles. The van der Waals surface area contributed by atoms with E-state index in [0.29, 0.717) is 11.6 Å². The summed E-state index contributed by atoms with van der Waals surface area (Å²) in [6.45, 7) is 10.3. The Hall–Kier alpha value is -2.22. The Balaban J connectivity index is 0.00000139. The van der Waals surface area contributed by atoms with E-state index in [2.05, 4.69) is 43.1 Å². The van der Waals surface area contributed by atoms with Crippen molar-refractivity contribution < 1.29 is 4.39 Å². The molecule has 0 N–H and O–H groups in total. The Morgan fingerprint density at radius 3 is 2.42 bits per heavy atom. The van der Waals surface area contributed by atoms with Crippen LogP contribution in [-0.2, 0) is 6.42 Å². The molecule has 0 radical (unpaired) electrons. The van der Waals surface area contributed by atoms with Gasteiger partial charge in [-0.25, -0.2) is 4.39 Å². The van der Waals surface area contributed by atoms with Gasteiger partial charge >= 0.3 is 0 Å². The molecule has 2 heteroatoms. The van der Waals surface area contributed by atoms with Gasteiger partial charge in [0, 0.05) is 6.21 Å². The normalized spacial score (nSPS) is 11.1. The molecule has 24 heavy (non-hydrogen) atoms. The topological polar surface area (TPSA) is 12.4 Å². The van der Waals surface area contributed by atoms with Crippen molar-refractivity contribution in [3.8, 4) is 11.1 Å². The fourth-order valence-corrected chi connectivity index (χ4v) is 2.35. The Labute approximate surface area is 146 Å². The van der Waals surface area contributed by atoms with E-state index in [4.69, 9.17) is 0 Å². The van der Waals surface area contributed by atoms with Crippen molar-refractivity contribution in [1.82, 2.24) is 0 Å². The van der Waals surface area contributed by atoms with Gasteiger partial charge in [0.2, 0.25) is 0 Å². The molecule has 128 valence electrons. The van der Waals surface area contributed by atoms with Crippen LogP contribution in [0.2, 0.25) is 0 Å². The summed E-state index contributed by atoms with van der Waals surface area (Å²) in [5, 5.41) is 0. The fourth-order valence-electron chi connectivity index (χ4n) is 2.35. The zero-order valence-corrected chi connectivity index (χ0v) is 15.4. The third-order valence-electron chi connectivity index (χ3n) is 3.34. The molecule has 0 saturated heterocycles. The first kappa shape index (κ1) is 19.8. The van der Waals surface area contributed by atoms with Crippen LogP contribution in [0.5, 0.6) is 0 Å². The SMILES string of the molecule is C/C=C\C=Nc1cc(-c2cccc(CC(C)C)c2)ccc1F.CC. The van der Waals surface area contributed by atoms with E-state index >= 15 is 0 Å². The summed E-state index contributed by atoms with van der Waals surface area (Å²) in [5.41, 5.74) is 3.75. The largest absolute Gasteiger partial charge is 0.254 e. The number of benzene rings is 2. The Morgan fingerprint density at radius 1 is 1.04 bits per heavy atom. The monoisotopic (exact) mass is 325 g/mol. The van der Waals surface area contributed by atoms with Gasteiger partial charge < -0.3 is 0 Å². The second-order valence-electron chi connectivity index (χ2n) is 5.77. The second kappa shape index (κ2) is 10.5. The number of hydrogen-bond donors (Lipinski definition) is 0. The van der Waals surface area contributed by atoms with E-state index in [1.807, 2.05) is 26.8 Å². The fraction of sp³-hybridized carbons (Fsp3) is 0.318. The maximum atomic E-state index is 13.8. The Kier molecular flexibility index (Phi) is 8.70. The maximum Gasteiger partial charge on any atom is 0.148 e. The Bertz CT molecular complexity index is 684. The molecule has 0 amide bonds. The van der Waals surface area contributed by atoms with Gasteiger partial charge in [-0.05, 0) is 54.2 Å². The van der Waals surface area contributed by atoms with Crippen LogP contribution in [0.25, 0.3) is 11.1 Å². The first-order valence-corrected chi connectivity index (χ1v) is 8.64. The van der Waals surface area contributed by atoms with Crippen molar-refractivity contribution in [3.63, 3.8) is 0 Å². The highest BCUT2D eigenvalue weighted by Gasteiger charge is 2.05. The van der Waals surface area contributed by atoms with Gasteiger partial charge in [0.05, 0.1) is 5.69 Å². The number of hydrogen-bond acceptors (Lipinski definition) is 1. The minimum atomic E-state index is -0.303. The summed E-state index contributed by atoms with van der Waals surface area (Å²) >= 11 is 0. The van der Waals surface area contributed by atoms with Crippen LogP contribution in [0.3, 0.4) is 0 Å². The molecule has 0 saturated carbocycles. The first-order valence-electron chi connectivity index (χ1n) is 8.64. The number of allylic oxidation sites excluding steroid dienone is 2. The third-order valence-corrected chi connectivity index (χ3v) is 3.34. The predicted molar refractivity (Wildman–Crippen MR) is 105 cm³/mol. The Morgan fingerprint density at radius 2 is 1.75 bits per heavy atom. The standard InChI is InChI=1S/C20H22FN.C2H6/c1-4-5-11-22-20-14-18(9-10-19(20)21)17-8-6-7-16(13-17)12-15(2)3;1-2/h4-11,13-15H,12H2,1-3H3;1-2H3/b5-4-,22-11?;. The molecule has 2 rings (SSSR count). The van der Waals surface area contributed by atoms with Gasteiger partial charge in [-0.3, -0.25) is 4.99 Å². The highest BCUT2D eigenvalue weighted by atomic mass is 19.1. The van der Waals surface area contributed by atoms with Crippen molar-refractivity contribution in [2.45, 2.75) is 41.0 Å². The van der Waals surface area contributed by atoms with E-state index in [0.717, 1.165) is 17.5 Å². The van der Waals surface area contributed by atoms with Crippen LogP contribution in [0.1, 0.15) is 40.2 Å². The summed E-state index contributed by atoms with van der Waals surface area (Å²) in [6, 6.07) is 13.5. The van der Waals surface area contributed by atoms with Gasteiger partial charge in [0.25, 0.3) is 0 Å². The lowest BCUT2D eigenvalue weighted by atomic mass is 9.98. The van der Waals surface area contributed by atoms with Crippen LogP contribution < -0.4 is 0 Å². The molecule has 2 aromatic carbocycles. The van der Waals surface area contributed by atoms with E-state index < -0.39 is 0 Å². The van der Waals surface area contributed by atoms with Gasteiger partial charge in [-0.2, -0.15) is 0 Å². The molecule has 0 spiro atoms. The molecule has 0 bridgehead atoms. The van der Waals surface area contributed by atoms with Crippen LogP contribution in [-0.4, -0.2) is 6.21 Å². The van der Waals surface area contributed by atoms with Crippen molar-refractivity contribution in [2.24, 2.45) is 10.9 Å². The maximum absolute atomic E-state index is 13.8. The zero-order chi connectivity index (χ0) is 17.9. The van der Waals surface area contributed by atoms with Crippen LogP contribution in [0.15, 0.2) is 59.6 Å². The molecule has 0 aliphatic rings. The van der Waals surface area contributed by atoms with Crippen LogP contribution in [0, 0.1) is 11.7 Å². The highest BCUT2D eigenvalue weighted by Crippen LogP contribution is 2.27. The van der Waals surface area contributed by atoms with Crippen molar-refractivity contribution in [3.05, 3.63) is 66.0 Å². The number of aliphatic imine (C=N–C) groups is 1. The van der Waals surface area contributed by atoms with E-state index in [9.17, 15) is 4.39 Å².